The molecule has 1 amide bonds. The first-order valence-corrected chi connectivity index (χ1v) is 6.82. The van der Waals surface area contributed by atoms with Gasteiger partial charge in [-0.2, -0.15) is 0 Å². The Morgan fingerprint density at radius 1 is 1.35 bits per heavy atom. The van der Waals surface area contributed by atoms with Gasteiger partial charge in [0.15, 0.2) is 0 Å². The summed E-state index contributed by atoms with van der Waals surface area (Å²) >= 11 is 0. The molecule has 98 valence electrons. The van der Waals surface area contributed by atoms with Crippen LogP contribution in [-0.4, -0.2) is 50.2 Å². The third-order valence-corrected chi connectivity index (χ3v) is 3.92. The van der Waals surface area contributed by atoms with Crippen molar-refractivity contribution < 1.29 is 9.53 Å². The number of piperidine rings is 1. The molecule has 0 aromatic heterocycles. The minimum atomic E-state index is 0.271. The minimum absolute atomic E-state index is 0.271. The van der Waals surface area contributed by atoms with E-state index >= 15 is 0 Å². The molecule has 17 heavy (non-hydrogen) atoms. The Hall–Kier alpha value is -0.610. The average molecular weight is 240 g/mol. The zero-order valence-electron chi connectivity index (χ0n) is 10.8. The van der Waals surface area contributed by atoms with Crippen molar-refractivity contribution in [2.75, 3.05) is 39.4 Å². The number of nitrogens with zero attached hydrogens (tertiary/aromatic N) is 1. The Kier molecular flexibility index (Phi) is 4.40. The lowest BCUT2D eigenvalue weighted by Crippen LogP contribution is -2.39. The van der Waals surface area contributed by atoms with Gasteiger partial charge >= 0.3 is 0 Å². The van der Waals surface area contributed by atoms with E-state index in [0.717, 1.165) is 58.5 Å². The second-order valence-electron chi connectivity index (χ2n) is 5.35. The van der Waals surface area contributed by atoms with Gasteiger partial charge in [-0.05, 0) is 37.8 Å². The molecule has 0 radical (unpaired) electrons. The fourth-order valence-corrected chi connectivity index (χ4v) is 2.90. The Balaban J connectivity index is 1.78. The van der Waals surface area contributed by atoms with Crippen LogP contribution in [0.5, 0.6) is 0 Å². The summed E-state index contributed by atoms with van der Waals surface area (Å²) in [6, 6.07) is 0. The molecule has 0 aromatic carbocycles. The maximum absolute atomic E-state index is 12.0. The van der Waals surface area contributed by atoms with Gasteiger partial charge in [-0.25, -0.2) is 0 Å². The van der Waals surface area contributed by atoms with Crippen molar-refractivity contribution in [3.63, 3.8) is 0 Å². The molecule has 1 spiro atoms. The average Bonchev–Trinajstić information content (AvgIpc) is 2.62. The van der Waals surface area contributed by atoms with Crippen molar-refractivity contribution in [2.24, 2.45) is 5.41 Å². The standard InChI is InChI=1S/C13H24N2O2/c1-2-8-17-9-7-15-11-13(10-12(15)16)3-5-14-6-4-13/h14H,2-11H2,1H3. The third kappa shape index (κ3) is 3.19. The summed E-state index contributed by atoms with van der Waals surface area (Å²) in [5.41, 5.74) is 0.271. The summed E-state index contributed by atoms with van der Waals surface area (Å²) in [7, 11) is 0. The number of nitrogens with one attached hydrogen (secondary N) is 1. The molecule has 2 aliphatic rings. The van der Waals surface area contributed by atoms with Crippen LogP contribution in [0.4, 0.5) is 0 Å². The van der Waals surface area contributed by atoms with Gasteiger partial charge in [0.25, 0.3) is 0 Å². The number of hydrogen-bond donors (Lipinski definition) is 1. The number of likely N-dealkylation sites (tertiary alicyclic amines) is 1. The summed E-state index contributed by atoms with van der Waals surface area (Å²) in [5.74, 6) is 0.326. The van der Waals surface area contributed by atoms with Gasteiger partial charge < -0.3 is 15.0 Å². The van der Waals surface area contributed by atoms with Crippen LogP contribution < -0.4 is 5.32 Å². The van der Waals surface area contributed by atoms with Crippen LogP contribution >= 0.6 is 0 Å². The molecule has 1 N–H and O–H groups in total. The fourth-order valence-electron chi connectivity index (χ4n) is 2.90. The Labute approximate surface area is 104 Å². The first-order chi connectivity index (χ1) is 8.26. The van der Waals surface area contributed by atoms with E-state index in [2.05, 4.69) is 12.2 Å². The monoisotopic (exact) mass is 240 g/mol. The maximum Gasteiger partial charge on any atom is 0.223 e. The Morgan fingerprint density at radius 3 is 2.82 bits per heavy atom. The van der Waals surface area contributed by atoms with E-state index in [4.69, 9.17) is 4.74 Å². The van der Waals surface area contributed by atoms with Crippen LogP contribution in [0.25, 0.3) is 0 Å². The van der Waals surface area contributed by atoms with Crippen LogP contribution in [0, 0.1) is 5.41 Å². The minimum Gasteiger partial charge on any atom is -0.380 e. The fraction of sp³-hybridized carbons (Fsp3) is 0.923. The number of ether oxygens (including phenoxy) is 1. The molecule has 4 nitrogen and oxygen atoms in total. The number of rotatable bonds is 5. The smallest absolute Gasteiger partial charge is 0.223 e. The molecular formula is C13H24N2O2. The Morgan fingerprint density at radius 2 is 2.12 bits per heavy atom. The lowest BCUT2D eigenvalue weighted by atomic mass is 9.78. The zero-order valence-corrected chi connectivity index (χ0v) is 10.8. The van der Waals surface area contributed by atoms with Crippen molar-refractivity contribution in [1.82, 2.24) is 10.2 Å². The van der Waals surface area contributed by atoms with Gasteiger partial charge in [-0.3, -0.25) is 4.79 Å². The maximum atomic E-state index is 12.0. The van der Waals surface area contributed by atoms with Gasteiger partial charge in [-0.1, -0.05) is 6.92 Å². The molecule has 2 aliphatic heterocycles. The van der Waals surface area contributed by atoms with Crippen molar-refractivity contribution in [2.45, 2.75) is 32.6 Å². The zero-order chi connectivity index (χ0) is 12.1. The van der Waals surface area contributed by atoms with E-state index < -0.39 is 0 Å². The van der Waals surface area contributed by atoms with E-state index in [1.54, 1.807) is 0 Å². The highest BCUT2D eigenvalue weighted by atomic mass is 16.5. The molecule has 0 saturated carbocycles. The normalized spacial score (nSPS) is 23.6. The van der Waals surface area contributed by atoms with Gasteiger partial charge in [-0.15, -0.1) is 0 Å². The highest BCUT2D eigenvalue weighted by molar-refractivity contribution is 5.79. The van der Waals surface area contributed by atoms with Crippen LogP contribution in [0.3, 0.4) is 0 Å². The quantitative estimate of drug-likeness (QED) is 0.729. The topological polar surface area (TPSA) is 41.6 Å². The molecule has 0 aromatic rings. The lowest BCUT2D eigenvalue weighted by molar-refractivity contribution is -0.128. The van der Waals surface area contributed by atoms with Crippen molar-refractivity contribution in [1.29, 1.82) is 0 Å². The molecule has 0 atom stereocenters. The van der Waals surface area contributed by atoms with Gasteiger partial charge in [0.2, 0.25) is 5.91 Å². The summed E-state index contributed by atoms with van der Waals surface area (Å²) < 4.78 is 5.46. The van der Waals surface area contributed by atoms with Crippen LogP contribution in [0.2, 0.25) is 0 Å². The summed E-state index contributed by atoms with van der Waals surface area (Å²) in [4.78, 5) is 14.0. The van der Waals surface area contributed by atoms with Crippen LogP contribution in [0.1, 0.15) is 32.6 Å². The number of carbonyl (C=O) groups is 1. The predicted molar refractivity (Wildman–Crippen MR) is 66.8 cm³/mol. The van der Waals surface area contributed by atoms with Crippen LogP contribution in [-0.2, 0) is 9.53 Å². The Bertz CT molecular complexity index is 262. The SMILES string of the molecule is CCCOCCN1CC2(CCNCC2)CC1=O. The van der Waals surface area contributed by atoms with Crippen LogP contribution in [0.15, 0.2) is 0 Å². The van der Waals surface area contributed by atoms with E-state index in [0.29, 0.717) is 12.5 Å². The molecule has 0 aliphatic carbocycles. The van der Waals surface area contributed by atoms with E-state index in [-0.39, 0.29) is 5.41 Å². The van der Waals surface area contributed by atoms with Gasteiger partial charge in [0.05, 0.1) is 6.61 Å². The van der Waals surface area contributed by atoms with E-state index in [1.165, 1.54) is 0 Å². The highest BCUT2D eigenvalue weighted by Gasteiger charge is 2.43. The summed E-state index contributed by atoms with van der Waals surface area (Å²) in [6.07, 6.45) is 4.09. The largest absolute Gasteiger partial charge is 0.380 e. The molecular weight excluding hydrogens is 216 g/mol. The van der Waals surface area contributed by atoms with Gasteiger partial charge in [0, 0.05) is 26.1 Å². The number of carbonyl (C=O) groups excluding carboxylic acids is 1. The number of amides is 1. The molecule has 2 fully saturated rings. The highest BCUT2D eigenvalue weighted by Crippen LogP contribution is 2.38. The summed E-state index contributed by atoms with van der Waals surface area (Å²) in [5, 5.41) is 3.37. The molecule has 4 heteroatoms. The molecule has 0 unspecified atom stereocenters. The first-order valence-electron chi connectivity index (χ1n) is 6.82. The molecule has 0 bridgehead atoms. The number of hydrogen-bond acceptors (Lipinski definition) is 3. The van der Waals surface area contributed by atoms with Crippen molar-refractivity contribution in [3.8, 4) is 0 Å². The lowest BCUT2D eigenvalue weighted by Gasteiger charge is -2.33. The summed E-state index contributed by atoms with van der Waals surface area (Å²) in [6.45, 7) is 7.44. The van der Waals surface area contributed by atoms with Gasteiger partial charge in [0.1, 0.15) is 0 Å². The second kappa shape index (κ2) is 5.83. The van der Waals surface area contributed by atoms with Crippen molar-refractivity contribution >= 4 is 5.91 Å². The van der Waals surface area contributed by atoms with E-state index in [9.17, 15) is 4.79 Å². The molecule has 2 saturated heterocycles. The second-order valence-corrected chi connectivity index (χ2v) is 5.35. The molecule has 2 rings (SSSR count). The van der Waals surface area contributed by atoms with Crippen molar-refractivity contribution in [3.05, 3.63) is 0 Å². The molecule has 2 heterocycles. The third-order valence-electron chi connectivity index (χ3n) is 3.92. The first kappa shape index (κ1) is 12.8. The predicted octanol–water partition coefficient (Wildman–Crippen LogP) is 1.02. The van der Waals surface area contributed by atoms with E-state index in [1.807, 2.05) is 4.90 Å².